The number of aromatic amines is 1. The van der Waals surface area contributed by atoms with Crippen LogP contribution in [0.3, 0.4) is 0 Å². The lowest BCUT2D eigenvalue weighted by Crippen LogP contribution is -2.27. The zero-order chi connectivity index (χ0) is 18.5. The predicted molar refractivity (Wildman–Crippen MR) is 98.4 cm³/mol. The summed E-state index contributed by atoms with van der Waals surface area (Å²) in [7, 11) is 3.38. The number of ether oxygens (including phenoxy) is 1. The third kappa shape index (κ3) is 3.73. The van der Waals surface area contributed by atoms with Gasteiger partial charge in [0.15, 0.2) is 6.61 Å². The fraction of sp³-hybridized carbons (Fsp3) is 0.150. The van der Waals surface area contributed by atoms with Gasteiger partial charge in [-0.2, -0.15) is 10.4 Å². The molecule has 3 rings (SSSR count). The molecule has 2 aromatic carbocycles. The molecule has 1 amide bonds. The highest BCUT2D eigenvalue weighted by Crippen LogP contribution is 2.31. The van der Waals surface area contributed by atoms with Gasteiger partial charge in [0.25, 0.3) is 5.91 Å². The Morgan fingerprint density at radius 1 is 1.19 bits per heavy atom. The summed E-state index contributed by atoms with van der Waals surface area (Å²) in [5.74, 6) is 0.487. The van der Waals surface area contributed by atoms with Gasteiger partial charge in [-0.1, -0.05) is 24.3 Å². The average Bonchev–Trinajstić information content (AvgIpc) is 3.16. The van der Waals surface area contributed by atoms with Crippen LogP contribution in [0.1, 0.15) is 5.56 Å². The third-order valence-corrected chi connectivity index (χ3v) is 3.92. The van der Waals surface area contributed by atoms with Gasteiger partial charge in [-0.15, -0.1) is 0 Å². The van der Waals surface area contributed by atoms with E-state index < -0.39 is 0 Å². The van der Waals surface area contributed by atoms with Crippen molar-refractivity contribution in [3.8, 4) is 34.3 Å². The van der Waals surface area contributed by atoms with Crippen molar-refractivity contribution in [1.82, 2.24) is 15.1 Å². The molecule has 0 aliphatic rings. The van der Waals surface area contributed by atoms with Gasteiger partial charge < -0.3 is 9.64 Å². The largest absolute Gasteiger partial charge is 0.483 e. The number of H-pyrrole nitrogens is 1. The summed E-state index contributed by atoms with van der Waals surface area (Å²) >= 11 is 0. The minimum Gasteiger partial charge on any atom is -0.483 e. The van der Waals surface area contributed by atoms with Crippen LogP contribution in [0.25, 0.3) is 22.5 Å². The number of aromatic nitrogens is 2. The highest BCUT2D eigenvalue weighted by atomic mass is 16.5. The summed E-state index contributed by atoms with van der Waals surface area (Å²) in [6, 6.07) is 18.7. The molecule has 130 valence electrons. The highest BCUT2D eigenvalue weighted by Gasteiger charge is 2.12. The van der Waals surface area contributed by atoms with Gasteiger partial charge >= 0.3 is 0 Å². The van der Waals surface area contributed by atoms with Crippen molar-refractivity contribution in [2.75, 3.05) is 20.7 Å². The van der Waals surface area contributed by atoms with Crippen LogP contribution in [0.5, 0.6) is 5.75 Å². The van der Waals surface area contributed by atoms with Crippen LogP contribution in [-0.2, 0) is 4.79 Å². The fourth-order valence-corrected chi connectivity index (χ4v) is 2.40. The quantitative estimate of drug-likeness (QED) is 0.770. The van der Waals surface area contributed by atoms with E-state index in [4.69, 9.17) is 10.00 Å². The van der Waals surface area contributed by atoms with E-state index in [2.05, 4.69) is 16.3 Å². The predicted octanol–water partition coefficient (Wildman–Crippen LogP) is 3.08. The first-order valence-electron chi connectivity index (χ1n) is 8.07. The lowest BCUT2D eigenvalue weighted by molar-refractivity contribution is -0.130. The number of nitriles is 1. The minimum atomic E-state index is -0.111. The van der Waals surface area contributed by atoms with Crippen molar-refractivity contribution in [2.45, 2.75) is 0 Å². The Morgan fingerprint density at radius 2 is 1.92 bits per heavy atom. The molecule has 3 aromatic rings. The van der Waals surface area contributed by atoms with Crippen molar-refractivity contribution >= 4 is 5.91 Å². The first-order valence-corrected chi connectivity index (χ1v) is 8.07. The minimum absolute atomic E-state index is 0.0308. The van der Waals surface area contributed by atoms with Gasteiger partial charge in [-0.05, 0) is 35.9 Å². The fourth-order valence-electron chi connectivity index (χ4n) is 2.40. The number of hydrogen-bond acceptors (Lipinski definition) is 4. The number of para-hydroxylation sites is 1. The number of benzene rings is 2. The Hall–Kier alpha value is -3.59. The van der Waals surface area contributed by atoms with E-state index in [1.165, 1.54) is 4.90 Å². The molecule has 6 heteroatoms. The summed E-state index contributed by atoms with van der Waals surface area (Å²) < 4.78 is 5.68. The number of likely N-dealkylation sites (N-methyl/N-ethyl adjacent to an activating group) is 1. The number of nitrogens with one attached hydrogen (secondary N) is 1. The molecule has 0 saturated carbocycles. The van der Waals surface area contributed by atoms with Crippen LogP contribution in [0.2, 0.25) is 0 Å². The zero-order valence-corrected chi connectivity index (χ0v) is 14.6. The number of nitrogens with zero attached hydrogens (tertiary/aromatic N) is 3. The Balaban J connectivity index is 1.85. The molecule has 1 heterocycles. The monoisotopic (exact) mass is 346 g/mol. The highest BCUT2D eigenvalue weighted by molar-refractivity contribution is 5.78. The van der Waals surface area contributed by atoms with Gasteiger partial charge in [-0.3, -0.25) is 9.89 Å². The smallest absolute Gasteiger partial charge is 0.259 e. The molecular weight excluding hydrogens is 328 g/mol. The maximum Gasteiger partial charge on any atom is 0.259 e. The Kier molecular flexibility index (Phi) is 4.99. The molecule has 0 bridgehead atoms. The first-order chi connectivity index (χ1) is 12.6. The normalized spacial score (nSPS) is 10.2. The zero-order valence-electron chi connectivity index (χ0n) is 14.6. The molecule has 0 unspecified atom stereocenters. The van der Waals surface area contributed by atoms with Crippen LogP contribution in [-0.4, -0.2) is 41.7 Å². The average molecular weight is 346 g/mol. The molecule has 0 aliphatic carbocycles. The second-order valence-electron chi connectivity index (χ2n) is 5.93. The van der Waals surface area contributed by atoms with Crippen LogP contribution in [0.4, 0.5) is 0 Å². The molecule has 1 aromatic heterocycles. The van der Waals surface area contributed by atoms with Crippen molar-refractivity contribution in [2.24, 2.45) is 0 Å². The molecule has 26 heavy (non-hydrogen) atoms. The second kappa shape index (κ2) is 7.53. The Labute approximate surface area is 151 Å². The number of rotatable bonds is 5. The maximum absolute atomic E-state index is 11.8. The lowest BCUT2D eigenvalue weighted by Gasteiger charge is -2.13. The maximum atomic E-state index is 11.8. The van der Waals surface area contributed by atoms with E-state index in [1.807, 2.05) is 42.5 Å². The number of carbonyl (C=O) groups excluding carboxylic acids is 1. The van der Waals surface area contributed by atoms with E-state index in [0.717, 1.165) is 22.5 Å². The van der Waals surface area contributed by atoms with E-state index in [9.17, 15) is 4.79 Å². The van der Waals surface area contributed by atoms with Crippen LogP contribution in [0, 0.1) is 11.3 Å². The van der Waals surface area contributed by atoms with Gasteiger partial charge in [0.1, 0.15) is 5.75 Å². The second-order valence-corrected chi connectivity index (χ2v) is 5.93. The molecule has 0 fully saturated rings. The molecule has 0 saturated heterocycles. The standard InChI is InChI=1S/C20H18N4O2/c1-24(2)20(25)13-26-19-6-4-3-5-16(19)18-11-17(22-23-18)15-9-7-14(12-21)8-10-15/h3-11H,13H2,1-2H3,(H,22,23). The van der Waals surface area contributed by atoms with Crippen molar-refractivity contribution in [3.63, 3.8) is 0 Å². The Morgan fingerprint density at radius 3 is 2.62 bits per heavy atom. The van der Waals surface area contributed by atoms with Gasteiger partial charge in [-0.25, -0.2) is 0 Å². The first kappa shape index (κ1) is 17.2. The SMILES string of the molecule is CN(C)C(=O)COc1ccccc1-c1cc(-c2ccc(C#N)cc2)[nH]n1. The van der Waals surface area contributed by atoms with Crippen LogP contribution >= 0.6 is 0 Å². The summed E-state index contributed by atoms with van der Waals surface area (Å²) in [5.41, 5.74) is 3.90. The molecule has 6 nitrogen and oxygen atoms in total. The lowest BCUT2D eigenvalue weighted by atomic mass is 10.1. The number of carbonyl (C=O) groups is 1. The summed E-state index contributed by atoms with van der Waals surface area (Å²) in [6.45, 7) is -0.0308. The third-order valence-electron chi connectivity index (χ3n) is 3.92. The Bertz CT molecular complexity index is 952. The van der Waals surface area contributed by atoms with Gasteiger partial charge in [0, 0.05) is 19.7 Å². The number of hydrogen-bond donors (Lipinski definition) is 1. The molecular formula is C20H18N4O2. The van der Waals surface area contributed by atoms with Crippen LogP contribution < -0.4 is 4.74 Å². The molecule has 0 aliphatic heterocycles. The van der Waals surface area contributed by atoms with E-state index >= 15 is 0 Å². The molecule has 1 N–H and O–H groups in total. The van der Waals surface area contributed by atoms with Crippen molar-refractivity contribution < 1.29 is 9.53 Å². The van der Waals surface area contributed by atoms with Gasteiger partial charge in [0.05, 0.1) is 23.0 Å². The van der Waals surface area contributed by atoms with Crippen molar-refractivity contribution in [1.29, 1.82) is 5.26 Å². The molecule has 0 radical (unpaired) electrons. The van der Waals surface area contributed by atoms with E-state index in [1.54, 1.807) is 26.2 Å². The summed E-state index contributed by atoms with van der Waals surface area (Å²) in [5, 5.41) is 16.3. The van der Waals surface area contributed by atoms with Gasteiger partial charge in [0.2, 0.25) is 0 Å². The summed E-state index contributed by atoms with van der Waals surface area (Å²) in [4.78, 5) is 13.2. The van der Waals surface area contributed by atoms with E-state index in [0.29, 0.717) is 11.3 Å². The van der Waals surface area contributed by atoms with E-state index in [-0.39, 0.29) is 12.5 Å². The molecule has 0 atom stereocenters. The topological polar surface area (TPSA) is 82.0 Å². The van der Waals surface area contributed by atoms with Crippen LogP contribution in [0.15, 0.2) is 54.6 Å². The summed E-state index contributed by atoms with van der Waals surface area (Å²) in [6.07, 6.45) is 0. The van der Waals surface area contributed by atoms with Crippen molar-refractivity contribution in [3.05, 3.63) is 60.2 Å². The number of amides is 1. The molecule has 0 spiro atoms.